The Morgan fingerprint density at radius 2 is 1.81 bits per heavy atom. The third-order valence-electron chi connectivity index (χ3n) is 5.96. The van der Waals surface area contributed by atoms with Gasteiger partial charge in [-0.15, -0.1) is 11.8 Å². The molecule has 2 aromatic carbocycles. The van der Waals surface area contributed by atoms with Gasteiger partial charge in [0.1, 0.15) is 5.75 Å². The molecule has 0 aliphatic carbocycles. The first kappa shape index (κ1) is 21.9. The summed E-state index contributed by atoms with van der Waals surface area (Å²) < 4.78 is 5.25. The fraction of sp³-hybridized carbons (Fsp3) is 0.391. The van der Waals surface area contributed by atoms with Crippen LogP contribution in [0.2, 0.25) is 0 Å². The number of thioether (sulfide) groups is 1. The zero-order valence-electron chi connectivity index (χ0n) is 17.5. The van der Waals surface area contributed by atoms with E-state index in [1.807, 2.05) is 54.2 Å². The van der Waals surface area contributed by atoms with Gasteiger partial charge in [0.15, 0.2) is 5.11 Å². The van der Waals surface area contributed by atoms with Gasteiger partial charge in [-0.05, 0) is 73.9 Å². The Morgan fingerprint density at radius 3 is 2.48 bits per heavy atom. The number of ether oxygens (including phenoxy) is 1. The van der Waals surface area contributed by atoms with Crippen LogP contribution in [0.4, 0.5) is 5.69 Å². The van der Waals surface area contributed by atoms with E-state index in [4.69, 9.17) is 17.0 Å². The Morgan fingerprint density at radius 1 is 1.10 bits per heavy atom. The van der Waals surface area contributed by atoms with Crippen LogP contribution in [0.25, 0.3) is 0 Å². The predicted molar refractivity (Wildman–Crippen MR) is 130 cm³/mol. The number of thiocarbonyl (C=S) groups is 1. The lowest BCUT2D eigenvalue weighted by Crippen LogP contribution is -2.59. The number of benzene rings is 2. The van der Waals surface area contributed by atoms with Gasteiger partial charge in [0.2, 0.25) is 5.91 Å². The fourth-order valence-electron chi connectivity index (χ4n) is 4.33. The Balaban J connectivity index is 1.35. The zero-order valence-corrected chi connectivity index (χ0v) is 19.2. The lowest BCUT2D eigenvalue weighted by atomic mass is 9.78. The standard InChI is InChI=1S/C23H28N4O2S2/c1-29-19-9-7-16(8-10-19)15-31-22-20(17-11-13-27(22)14-12-17)21(28)25-26-23(30)24-18-5-3-2-4-6-18/h2-10,17,20,22H,11-15H2,1H3,(H,25,28)(H2,24,26,30)/t20-,22+/m1/s1. The summed E-state index contributed by atoms with van der Waals surface area (Å²) in [7, 11) is 1.67. The lowest BCUT2D eigenvalue weighted by Gasteiger charge is -2.49. The molecule has 2 atom stereocenters. The average molecular weight is 457 g/mol. The van der Waals surface area contributed by atoms with Gasteiger partial charge in [0.25, 0.3) is 0 Å². The van der Waals surface area contributed by atoms with Gasteiger partial charge < -0.3 is 10.1 Å². The first-order valence-corrected chi connectivity index (χ1v) is 12.0. The topological polar surface area (TPSA) is 65.6 Å². The molecule has 3 aliphatic heterocycles. The highest BCUT2D eigenvalue weighted by atomic mass is 32.2. The minimum absolute atomic E-state index is 0.0128. The van der Waals surface area contributed by atoms with Crippen LogP contribution in [0.3, 0.4) is 0 Å². The normalized spacial score (nSPS) is 24.3. The molecule has 3 N–H and O–H groups in total. The highest BCUT2D eigenvalue weighted by Gasteiger charge is 2.46. The molecule has 1 amide bonds. The van der Waals surface area contributed by atoms with Crippen molar-refractivity contribution in [3.63, 3.8) is 0 Å². The molecular weight excluding hydrogens is 428 g/mol. The van der Waals surface area contributed by atoms with Gasteiger partial charge in [-0.1, -0.05) is 30.3 Å². The average Bonchev–Trinajstić information content (AvgIpc) is 2.82. The molecule has 2 aromatic rings. The fourth-order valence-corrected chi connectivity index (χ4v) is 6.03. The summed E-state index contributed by atoms with van der Waals surface area (Å²) in [5, 5.41) is 3.63. The number of carbonyl (C=O) groups excluding carboxylic acids is 1. The van der Waals surface area contributed by atoms with E-state index in [0.717, 1.165) is 43.1 Å². The van der Waals surface area contributed by atoms with Crippen LogP contribution < -0.4 is 20.9 Å². The zero-order chi connectivity index (χ0) is 21.6. The lowest BCUT2D eigenvalue weighted by molar-refractivity contribution is -0.132. The van der Waals surface area contributed by atoms with Gasteiger partial charge in [0.05, 0.1) is 18.4 Å². The van der Waals surface area contributed by atoms with E-state index in [1.54, 1.807) is 7.11 Å². The van der Waals surface area contributed by atoms with E-state index in [1.165, 1.54) is 5.56 Å². The summed E-state index contributed by atoms with van der Waals surface area (Å²) in [5.74, 6) is 2.09. The number of piperidine rings is 3. The molecule has 0 aromatic heterocycles. The molecule has 0 radical (unpaired) electrons. The summed E-state index contributed by atoms with van der Waals surface area (Å²) >= 11 is 7.17. The molecule has 3 saturated heterocycles. The van der Waals surface area contributed by atoms with Crippen molar-refractivity contribution in [2.75, 3.05) is 25.5 Å². The smallest absolute Gasteiger partial charge is 0.244 e. The van der Waals surface area contributed by atoms with Crippen LogP contribution in [-0.2, 0) is 10.5 Å². The molecule has 3 fully saturated rings. The molecule has 0 spiro atoms. The number of hydrazine groups is 1. The molecule has 0 unspecified atom stereocenters. The van der Waals surface area contributed by atoms with Crippen LogP contribution in [-0.4, -0.2) is 41.5 Å². The van der Waals surface area contributed by atoms with E-state index < -0.39 is 0 Å². The third-order valence-corrected chi connectivity index (χ3v) is 7.60. The first-order chi connectivity index (χ1) is 15.1. The van der Waals surface area contributed by atoms with E-state index in [0.29, 0.717) is 11.0 Å². The van der Waals surface area contributed by atoms with Crippen molar-refractivity contribution in [3.8, 4) is 5.75 Å². The van der Waals surface area contributed by atoms with Gasteiger partial charge in [0, 0.05) is 11.4 Å². The van der Waals surface area contributed by atoms with Crippen molar-refractivity contribution in [3.05, 3.63) is 60.2 Å². The highest BCUT2D eigenvalue weighted by Crippen LogP contribution is 2.42. The van der Waals surface area contributed by atoms with Crippen LogP contribution in [0.15, 0.2) is 54.6 Å². The van der Waals surface area contributed by atoms with Gasteiger partial charge in [-0.2, -0.15) is 0 Å². The number of nitrogens with zero attached hydrogens (tertiary/aromatic N) is 1. The van der Waals surface area contributed by atoms with Crippen LogP contribution in [0.5, 0.6) is 5.75 Å². The Hall–Kier alpha value is -2.29. The second kappa shape index (κ2) is 10.3. The van der Waals surface area contributed by atoms with Crippen molar-refractivity contribution >= 4 is 40.7 Å². The van der Waals surface area contributed by atoms with Crippen molar-refractivity contribution in [1.82, 2.24) is 15.8 Å². The van der Waals surface area contributed by atoms with Gasteiger partial charge in [-0.3, -0.25) is 20.5 Å². The number of amides is 1. The predicted octanol–water partition coefficient (Wildman–Crippen LogP) is 3.61. The Labute approximate surface area is 193 Å². The number of rotatable bonds is 6. The van der Waals surface area contributed by atoms with Gasteiger partial charge in [-0.25, -0.2) is 0 Å². The number of hydrogen-bond donors (Lipinski definition) is 3. The summed E-state index contributed by atoms with van der Waals surface area (Å²) in [6, 6.07) is 17.8. The van der Waals surface area contributed by atoms with Crippen LogP contribution >= 0.6 is 24.0 Å². The summed E-state index contributed by atoms with van der Waals surface area (Å²) in [6.45, 7) is 2.13. The third kappa shape index (κ3) is 5.50. The molecule has 3 heterocycles. The van der Waals surface area contributed by atoms with Crippen molar-refractivity contribution in [2.24, 2.45) is 11.8 Å². The maximum Gasteiger partial charge on any atom is 0.244 e. The largest absolute Gasteiger partial charge is 0.497 e. The second-order valence-corrected chi connectivity index (χ2v) is 9.40. The Kier molecular flexibility index (Phi) is 7.32. The molecule has 2 bridgehead atoms. The number of fused-ring (bicyclic) bond motifs is 3. The molecule has 8 heteroatoms. The summed E-state index contributed by atoms with van der Waals surface area (Å²) in [4.78, 5) is 15.6. The Bertz CT molecular complexity index is 886. The number of anilines is 1. The first-order valence-electron chi connectivity index (χ1n) is 10.5. The molecule has 6 nitrogen and oxygen atoms in total. The molecular formula is C23H28N4O2S2. The summed E-state index contributed by atoms with van der Waals surface area (Å²) in [6.07, 6.45) is 2.15. The molecule has 5 rings (SSSR count). The molecule has 31 heavy (non-hydrogen) atoms. The molecule has 164 valence electrons. The van der Waals surface area contributed by atoms with Crippen LogP contribution in [0.1, 0.15) is 18.4 Å². The number of para-hydroxylation sites is 1. The van der Waals surface area contributed by atoms with E-state index in [2.05, 4.69) is 33.2 Å². The number of carbonyl (C=O) groups is 1. The van der Waals surface area contributed by atoms with Gasteiger partial charge >= 0.3 is 0 Å². The minimum Gasteiger partial charge on any atom is -0.497 e. The monoisotopic (exact) mass is 456 g/mol. The maximum absolute atomic E-state index is 13.1. The molecule has 3 aliphatic rings. The highest BCUT2D eigenvalue weighted by molar-refractivity contribution is 7.99. The summed E-state index contributed by atoms with van der Waals surface area (Å²) in [5.41, 5.74) is 7.84. The maximum atomic E-state index is 13.1. The SMILES string of the molecule is COc1ccc(CS[C@H]2[C@@H](C(=O)NNC(=S)Nc3ccccc3)C3CCN2CC3)cc1. The minimum atomic E-state index is -0.0576. The van der Waals surface area contributed by atoms with E-state index in [-0.39, 0.29) is 17.2 Å². The van der Waals surface area contributed by atoms with E-state index >= 15 is 0 Å². The number of nitrogens with one attached hydrogen (secondary N) is 3. The quantitative estimate of drug-likeness (QED) is 0.453. The van der Waals surface area contributed by atoms with Crippen LogP contribution in [0, 0.1) is 11.8 Å². The van der Waals surface area contributed by atoms with Crippen molar-refractivity contribution in [1.29, 1.82) is 0 Å². The second-order valence-electron chi connectivity index (χ2n) is 7.88. The van der Waals surface area contributed by atoms with Crippen molar-refractivity contribution in [2.45, 2.75) is 24.0 Å². The molecule has 0 saturated carbocycles. The van der Waals surface area contributed by atoms with E-state index in [9.17, 15) is 4.79 Å². The number of hydrogen-bond acceptors (Lipinski definition) is 5. The van der Waals surface area contributed by atoms with Crippen molar-refractivity contribution < 1.29 is 9.53 Å². The number of methoxy groups -OCH3 is 1.